The predicted molar refractivity (Wildman–Crippen MR) is 27.6 cm³/mol. The van der Waals surface area contributed by atoms with E-state index in [2.05, 4.69) is 0 Å². The molecule has 2 nitrogen and oxygen atoms in total. The summed E-state index contributed by atoms with van der Waals surface area (Å²) in [6, 6.07) is 1.75. The minimum atomic E-state index is 0.639. The minimum Gasteiger partial charge on any atom is -0.303 e. The van der Waals surface area contributed by atoms with Gasteiger partial charge in [-0.1, -0.05) is 6.92 Å². The fourth-order valence-electron chi connectivity index (χ4n) is 0. The van der Waals surface area contributed by atoms with Gasteiger partial charge in [-0.25, -0.2) is 0 Å². The Morgan fingerprint density at radius 1 is 1.86 bits per heavy atom. The van der Waals surface area contributed by atoms with Crippen LogP contribution in [0.1, 0.15) is 20.3 Å². The van der Waals surface area contributed by atoms with Crippen molar-refractivity contribution in [2.45, 2.75) is 20.3 Å². The number of nitriles is 1. The van der Waals surface area contributed by atoms with Crippen LogP contribution in [0.5, 0.6) is 0 Å². The highest BCUT2D eigenvalue weighted by atomic mass is 16.1. The Morgan fingerprint density at radius 3 is 2.00 bits per heavy atom. The summed E-state index contributed by atoms with van der Waals surface area (Å²) >= 11 is 0. The van der Waals surface area contributed by atoms with Crippen LogP contribution in [0.3, 0.4) is 0 Å². The zero-order valence-corrected chi connectivity index (χ0v) is 4.64. The van der Waals surface area contributed by atoms with E-state index in [1.165, 1.54) is 6.92 Å². The first-order chi connectivity index (χ1) is 3.33. The molecule has 7 heavy (non-hydrogen) atoms. The van der Waals surface area contributed by atoms with Gasteiger partial charge in [0.05, 0.1) is 6.07 Å². The molecule has 0 aromatic rings. The smallest absolute Gasteiger partial charge is 0.119 e. The van der Waals surface area contributed by atoms with Crippen molar-refractivity contribution < 1.29 is 4.79 Å². The second-order valence-corrected chi connectivity index (χ2v) is 0.799. The summed E-state index contributed by atoms with van der Waals surface area (Å²) in [7, 11) is 0. The molecule has 2 heteroatoms. The van der Waals surface area contributed by atoms with Crippen LogP contribution in [0.25, 0.3) is 0 Å². The van der Waals surface area contributed by atoms with Crippen LogP contribution in [0.15, 0.2) is 0 Å². The Labute approximate surface area is 43.8 Å². The molecular weight excluding hydrogens is 90.1 g/mol. The molecule has 0 spiro atoms. The summed E-state index contributed by atoms with van der Waals surface area (Å²) < 4.78 is 0. The third kappa shape index (κ3) is 2010. The number of carbonyl (C=O) groups is 1. The standard InChI is InChI=1S/C3H6O.C2H3N/c1-2-3-4;1-2-3/h3H,2H2,1H3;1H3. The molecule has 0 aliphatic carbocycles. The SMILES string of the molecule is CC#N.CCC=O. The lowest BCUT2D eigenvalue weighted by Crippen LogP contribution is -1.55. The van der Waals surface area contributed by atoms with Gasteiger partial charge < -0.3 is 4.79 Å². The normalized spacial score (nSPS) is 4.71. The second kappa shape index (κ2) is 19.1. The topological polar surface area (TPSA) is 40.9 Å². The Hall–Kier alpha value is -0.840. The molecule has 40 valence electrons. The molecule has 0 atom stereocenters. The molecule has 0 saturated carbocycles. The van der Waals surface area contributed by atoms with Crippen LogP contribution in [-0.2, 0) is 4.79 Å². The summed E-state index contributed by atoms with van der Waals surface area (Å²) in [5.74, 6) is 0. The van der Waals surface area contributed by atoms with Crippen molar-refractivity contribution in [3.05, 3.63) is 0 Å². The molecule has 0 aliphatic rings. The van der Waals surface area contributed by atoms with E-state index < -0.39 is 0 Å². The van der Waals surface area contributed by atoms with Gasteiger partial charge in [-0.15, -0.1) is 0 Å². The van der Waals surface area contributed by atoms with E-state index >= 15 is 0 Å². The largest absolute Gasteiger partial charge is 0.303 e. The van der Waals surface area contributed by atoms with Gasteiger partial charge in [0.2, 0.25) is 0 Å². The van der Waals surface area contributed by atoms with Crippen molar-refractivity contribution in [2.24, 2.45) is 0 Å². The van der Waals surface area contributed by atoms with Crippen molar-refractivity contribution in [1.82, 2.24) is 0 Å². The van der Waals surface area contributed by atoms with Crippen LogP contribution in [-0.4, -0.2) is 6.29 Å². The molecule has 0 rings (SSSR count). The van der Waals surface area contributed by atoms with E-state index in [9.17, 15) is 4.79 Å². The lowest BCUT2D eigenvalue weighted by atomic mass is 10.6. The Balaban J connectivity index is 0. The molecule has 0 fully saturated rings. The first kappa shape index (κ1) is 9.48. The van der Waals surface area contributed by atoms with Gasteiger partial charge in [-0.3, -0.25) is 0 Å². The zero-order valence-electron chi connectivity index (χ0n) is 4.64. The Morgan fingerprint density at radius 2 is 2.00 bits per heavy atom. The third-order valence-corrected chi connectivity index (χ3v) is 0.167. The Kier molecular flexibility index (Phi) is 25.9. The lowest BCUT2D eigenvalue weighted by molar-refractivity contribution is -0.107. The number of hydrogen-bond donors (Lipinski definition) is 0. The number of hydrogen-bond acceptors (Lipinski definition) is 2. The zero-order chi connectivity index (χ0) is 6.12. The van der Waals surface area contributed by atoms with Crippen LogP contribution < -0.4 is 0 Å². The molecule has 0 unspecified atom stereocenters. The van der Waals surface area contributed by atoms with Crippen LogP contribution >= 0.6 is 0 Å². The highest BCUT2D eigenvalue weighted by molar-refractivity contribution is 5.48. The summed E-state index contributed by atoms with van der Waals surface area (Å²) in [4.78, 5) is 9.17. The average molecular weight is 99.1 g/mol. The third-order valence-electron chi connectivity index (χ3n) is 0.167. The predicted octanol–water partition coefficient (Wildman–Crippen LogP) is 1.13. The van der Waals surface area contributed by atoms with Crippen LogP contribution in [0.4, 0.5) is 0 Å². The Bertz CT molecular complexity index is 63.0. The van der Waals surface area contributed by atoms with Gasteiger partial charge in [0.1, 0.15) is 6.29 Å². The van der Waals surface area contributed by atoms with E-state index in [-0.39, 0.29) is 0 Å². The summed E-state index contributed by atoms with van der Waals surface area (Å²) in [6.45, 7) is 3.24. The van der Waals surface area contributed by atoms with E-state index in [4.69, 9.17) is 5.26 Å². The molecule has 0 N–H and O–H groups in total. The van der Waals surface area contributed by atoms with Crippen molar-refractivity contribution in [2.75, 3.05) is 0 Å². The average Bonchev–Trinajstić information content (AvgIpc) is 1.69. The monoisotopic (exact) mass is 99.1 g/mol. The quantitative estimate of drug-likeness (QED) is 0.462. The number of rotatable bonds is 1. The van der Waals surface area contributed by atoms with Crippen molar-refractivity contribution in [1.29, 1.82) is 5.26 Å². The van der Waals surface area contributed by atoms with Crippen LogP contribution in [0.2, 0.25) is 0 Å². The molecule has 0 aromatic carbocycles. The summed E-state index contributed by atoms with van der Waals surface area (Å²) in [5.41, 5.74) is 0. The fourth-order valence-corrected chi connectivity index (χ4v) is 0. The molecule has 0 heterocycles. The van der Waals surface area contributed by atoms with Gasteiger partial charge in [-0.05, 0) is 0 Å². The molecular formula is C5H9NO. The maximum absolute atomic E-state index is 9.17. The van der Waals surface area contributed by atoms with E-state index in [0.29, 0.717) is 6.42 Å². The fraction of sp³-hybridized carbons (Fsp3) is 0.600. The van der Waals surface area contributed by atoms with E-state index in [1.807, 2.05) is 6.92 Å². The lowest BCUT2D eigenvalue weighted by Gasteiger charge is -1.51. The second-order valence-electron chi connectivity index (χ2n) is 0.799. The number of carbonyl (C=O) groups excluding carboxylic acids is 1. The summed E-state index contributed by atoms with van der Waals surface area (Å²) in [5, 5.41) is 7.32. The molecule has 0 aromatic heterocycles. The molecule has 0 saturated heterocycles. The highest BCUT2D eigenvalue weighted by Gasteiger charge is 1.52. The molecule has 0 amide bonds. The number of aldehydes is 1. The van der Waals surface area contributed by atoms with Gasteiger partial charge in [0.15, 0.2) is 0 Å². The van der Waals surface area contributed by atoms with Crippen LogP contribution in [0, 0.1) is 11.3 Å². The van der Waals surface area contributed by atoms with Crippen molar-refractivity contribution in [3.63, 3.8) is 0 Å². The van der Waals surface area contributed by atoms with Crippen molar-refractivity contribution >= 4 is 6.29 Å². The first-order valence-electron chi connectivity index (χ1n) is 2.07. The number of nitrogens with zero attached hydrogens (tertiary/aromatic N) is 1. The van der Waals surface area contributed by atoms with Gasteiger partial charge in [0.25, 0.3) is 0 Å². The van der Waals surface area contributed by atoms with Gasteiger partial charge >= 0.3 is 0 Å². The van der Waals surface area contributed by atoms with E-state index in [1.54, 1.807) is 6.07 Å². The minimum absolute atomic E-state index is 0.639. The van der Waals surface area contributed by atoms with E-state index in [0.717, 1.165) is 6.29 Å². The van der Waals surface area contributed by atoms with Gasteiger partial charge in [-0.2, -0.15) is 5.26 Å². The highest BCUT2D eigenvalue weighted by Crippen LogP contribution is 1.53. The molecule has 0 aliphatic heterocycles. The molecule has 0 radical (unpaired) electrons. The maximum Gasteiger partial charge on any atom is 0.119 e. The molecule has 0 bridgehead atoms. The summed E-state index contributed by atoms with van der Waals surface area (Å²) in [6.07, 6.45) is 1.51. The van der Waals surface area contributed by atoms with Crippen molar-refractivity contribution in [3.8, 4) is 6.07 Å². The maximum atomic E-state index is 9.17. The van der Waals surface area contributed by atoms with Gasteiger partial charge in [0, 0.05) is 13.3 Å². The first-order valence-corrected chi connectivity index (χ1v) is 2.07.